The van der Waals surface area contributed by atoms with Gasteiger partial charge in [-0.25, -0.2) is 0 Å². The van der Waals surface area contributed by atoms with Crippen LogP contribution in [-0.2, 0) is 0 Å². The molecule has 0 bridgehead atoms. The molecule has 0 rings (SSSR count). The highest BCUT2D eigenvalue weighted by atomic mass is 14.0. The van der Waals surface area contributed by atoms with Gasteiger partial charge in [0.2, 0.25) is 0 Å². The molecule has 0 unspecified atom stereocenters. The first-order valence-electron chi connectivity index (χ1n) is 10.3. The van der Waals surface area contributed by atoms with Crippen molar-refractivity contribution in [2.24, 2.45) is 5.92 Å². The van der Waals surface area contributed by atoms with Gasteiger partial charge < -0.3 is 0 Å². The van der Waals surface area contributed by atoms with Crippen LogP contribution in [0.3, 0.4) is 0 Å². The average Bonchev–Trinajstić information content (AvgIpc) is 2.46. The van der Waals surface area contributed by atoms with Gasteiger partial charge in [-0.2, -0.15) is 0 Å². The van der Waals surface area contributed by atoms with Gasteiger partial charge in [0.1, 0.15) is 0 Å². The summed E-state index contributed by atoms with van der Waals surface area (Å²) in [5.41, 5.74) is 0. The monoisotopic (exact) mass is 296 g/mol. The number of hydrogen-bond donors (Lipinski definition) is 0. The number of hydrogen-bond acceptors (Lipinski definition) is 0. The minimum absolute atomic E-state index is 0.900. The molecule has 0 aliphatic rings. The third-order valence-electron chi connectivity index (χ3n) is 4.64. The molecule has 0 heterocycles. The molecular weight excluding hydrogens is 252 g/mol. The molecule has 0 fully saturated rings. The SMILES string of the molecule is CCCCCCCCCCCCCCCCCCC(C)C. The van der Waals surface area contributed by atoms with Crippen molar-refractivity contribution >= 4 is 0 Å². The van der Waals surface area contributed by atoms with Crippen LogP contribution in [0.5, 0.6) is 0 Å². The van der Waals surface area contributed by atoms with Crippen molar-refractivity contribution in [3.8, 4) is 0 Å². The Morgan fingerprint density at radius 2 is 0.714 bits per heavy atom. The highest BCUT2D eigenvalue weighted by Gasteiger charge is 1.96. The first kappa shape index (κ1) is 21.0. The zero-order valence-electron chi connectivity index (χ0n) is 15.6. The quantitative estimate of drug-likeness (QED) is 0.237. The first-order chi connectivity index (χ1) is 10.3. The Balaban J connectivity index is 2.93. The van der Waals surface area contributed by atoms with E-state index in [9.17, 15) is 0 Å². The molecule has 0 nitrogen and oxygen atoms in total. The smallest absolute Gasteiger partial charge is 0.0471 e. The molecular formula is C21H44. The summed E-state index contributed by atoms with van der Waals surface area (Å²) >= 11 is 0. The molecule has 0 aliphatic heterocycles. The second kappa shape index (κ2) is 18.1. The fraction of sp³-hybridized carbons (Fsp3) is 1.00. The van der Waals surface area contributed by atoms with Gasteiger partial charge in [-0.15, -0.1) is 0 Å². The van der Waals surface area contributed by atoms with E-state index in [1.165, 1.54) is 109 Å². The van der Waals surface area contributed by atoms with E-state index in [1.54, 1.807) is 0 Å². The normalized spacial score (nSPS) is 11.4. The summed E-state index contributed by atoms with van der Waals surface area (Å²) in [5.74, 6) is 0.900. The number of rotatable bonds is 17. The Bertz CT molecular complexity index is 171. The van der Waals surface area contributed by atoms with Gasteiger partial charge in [-0.1, -0.05) is 130 Å². The van der Waals surface area contributed by atoms with Crippen LogP contribution in [0.1, 0.15) is 130 Å². The molecule has 21 heavy (non-hydrogen) atoms. The Morgan fingerprint density at radius 1 is 0.429 bits per heavy atom. The van der Waals surface area contributed by atoms with Crippen molar-refractivity contribution in [3.63, 3.8) is 0 Å². The molecule has 0 saturated heterocycles. The van der Waals surface area contributed by atoms with E-state index in [0.717, 1.165) is 5.92 Å². The van der Waals surface area contributed by atoms with Crippen LogP contribution in [0.15, 0.2) is 0 Å². The van der Waals surface area contributed by atoms with E-state index in [4.69, 9.17) is 0 Å². The average molecular weight is 297 g/mol. The fourth-order valence-electron chi connectivity index (χ4n) is 3.10. The van der Waals surface area contributed by atoms with Crippen LogP contribution >= 0.6 is 0 Å². The van der Waals surface area contributed by atoms with Crippen LogP contribution in [0.25, 0.3) is 0 Å². The molecule has 0 spiro atoms. The summed E-state index contributed by atoms with van der Waals surface area (Å²) in [7, 11) is 0. The predicted octanol–water partition coefficient (Wildman–Crippen LogP) is 8.29. The molecule has 0 aliphatic carbocycles. The predicted molar refractivity (Wildman–Crippen MR) is 99.0 cm³/mol. The van der Waals surface area contributed by atoms with Crippen LogP contribution in [0.4, 0.5) is 0 Å². The van der Waals surface area contributed by atoms with Crippen molar-refractivity contribution in [1.29, 1.82) is 0 Å². The third kappa shape index (κ3) is 20.0. The summed E-state index contributed by atoms with van der Waals surface area (Å²) in [6.45, 7) is 6.97. The van der Waals surface area contributed by atoms with Gasteiger partial charge in [-0.05, 0) is 5.92 Å². The van der Waals surface area contributed by atoms with Crippen molar-refractivity contribution in [1.82, 2.24) is 0 Å². The van der Waals surface area contributed by atoms with E-state index in [1.807, 2.05) is 0 Å². The van der Waals surface area contributed by atoms with Crippen LogP contribution in [0.2, 0.25) is 0 Å². The Hall–Kier alpha value is 0. The lowest BCUT2D eigenvalue weighted by Crippen LogP contribution is -1.87. The lowest BCUT2D eigenvalue weighted by atomic mass is 10.0. The van der Waals surface area contributed by atoms with E-state index in [2.05, 4.69) is 20.8 Å². The van der Waals surface area contributed by atoms with Crippen molar-refractivity contribution in [2.45, 2.75) is 130 Å². The second-order valence-electron chi connectivity index (χ2n) is 7.49. The lowest BCUT2D eigenvalue weighted by Gasteiger charge is -2.05. The zero-order valence-corrected chi connectivity index (χ0v) is 15.6. The van der Waals surface area contributed by atoms with Gasteiger partial charge in [0.15, 0.2) is 0 Å². The molecule has 0 saturated carbocycles. The second-order valence-corrected chi connectivity index (χ2v) is 7.49. The van der Waals surface area contributed by atoms with Crippen LogP contribution in [-0.4, -0.2) is 0 Å². The van der Waals surface area contributed by atoms with Gasteiger partial charge in [-0.3, -0.25) is 0 Å². The van der Waals surface area contributed by atoms with Crippen molar-refractivity contribution < 1.29 is 0 Å². The minimum Gasteiger partial charge on any atom is -0.0654 e. The Kier molecular flexibility index (Phi) is 18.1. The molecule has 0 aromatic carbocycles. The van der Waals surface area contributed by atoms with E-state index in [0.29, 0.717) is 0 Å². The standard InChI is InChI=1S/C21H44/c1-4-5-6-7-8-9-10-11-12-13-14-15-16-17-18-19-20-21(2)3/h21H,4-20H2,1-3H3. The van der Waals surface area contributed by atoms with Crippen LogP contribution in [0, 0.1) is 5.92 Å². The highest BCUT2D eigenvalue weighted by Crippen LogP contribution is 2.14. The summed E-state index contributed by atoms with van der Waals surface area (Å²) in [6, 6.07) is 0. The Morgan fingerprint density at radius 3 is 1.00 bits per heavy atom. The lowest BCUT2D eigenvalue weighted by molar-refractivity contribution is 0.502. The topological polar surface area (TPSA) is 0 Å². The van der Waals surface area contributed by atoms with Crippen molar-refractivity contribution in [2.75, 3.05) is 0 Å². The van der Waals surface area contributed by atoms with E-state index < -0.39 is 0 Å². The maximum Gasteiger partial charge on any atom is -0.0471 e. The summed E-state index contributed by atoms with van der Waals surface area (Å²) < 4.78 is 0. The molecule has 0 heteroatoms. The molecule has 0 amide bonds. The summed E-state index contributed by atoms with van der Waals surface area (Å²) in [6.07, 6.45) is 25.0. The summed E-state index contributed by atoms with van der Waals surface area (Å²) in [4.78, 5) is 0. The molecule has 0 aromatic rings. The van der Waals surface area contributed by atoms with Gasteiger partial charge in [0.05, 0.1) is 0 Å². The van der Waals surface area contributed by atoms with Gasteiger partial charge in [0, 0.05) is 0 Å². The zero-order chi connectivity index (χ0) is 15.6. The largest absolute Gasteiger partial charge is 0.0654 e. The first-order valence-corrected chi connectivity index (χ1v) is 10.3. The highest BCUT2D eigenvalue weighted by molar-refractivity contribution is 4.51. The molecule has 0 atom stereocenters. The van der Waals surface area contributed by atoms with Gasteiger partial charge in [0.25, 0.3) is 0 Å². The summed E-state index contributed by atoms with van der Waals surface area (Å²) in [5, 5.41) is 0. The molecule has 0 aromatic heterocycles. The molecule has 0 radical (unpaired) electrons. The minimum atomic E-state index is 0.900. The van der Waals surface area contributed by atoms with Crippen molar-refractivity contribution in [3.05, 3.63) is 0 Å². The molecule has 0 N–H and O–H groups in total. The Labute approximate surface area is 136 Å². The maximum atomic E-state index is 2.34. The number of unbranched alkanes of at least 4 members (excludes halogenated alkanes) is 15. The fourth-order valence-corrected chi connectivity index (χ4v) is 3.10. The van der Waals surface area contributed by atoms with Crippen LogP contribution < -0.4 is 0 Å². The van der Waals surface area contributed by atoms with Gasteiger partial charge >= 0.3 is 0 Å². The maximum absolute atomic E-state index is 2.34. The molecule has 128 valence electrons. The third-order valence-corrected chi connectivity index (χ3v) is 4.64. The van der Waals surface area contributed by atoms with E-state index >= 15 is 0 Å². The van der Waals surface area contributed by atoms with E-state index in [-0.39, 0.29) is 0 Å².